The second-order valence-electron chi connectivity index (χ2n) is 5.61. The fourth-order valence-electron chi connectivity index (χ4n) is 2.29. The first-order valence-corrected chi connectivity index (χ1v) is 7.23. The van der Waals surface area contributed by atoms with Crippen molar-refractivity contribution < 1.29 is 9.59 Å². The van der Waals surface area contributed by atoms with E-state index in [1.165, 1.54) is 0 Å². The number of ketones is 1. The van der Waals surface area contributed by atoms with Gasteiger partial charge < -0.3 is 5.32 Å². The molecule has 1 aromatic carbocycles. The number of rotatable bonds is 8. The van der Waals surface area contributed by atoms with Crippen LogP contribution in [-0.2, 0) is 16.0 Å². The predicted molar refractivity (Wildman–Crippen MR) is 81.3 cm³/mol. The Morgan fingerprint density at radius 1 is 1.24 bits per heavy atom. The third kappa shape index (κ3) is 6.71. The number of hydrogen-bond donors (Lipinski definition) is 1. The van der Waals surface area contributed by atoms with Gasteiger partial charge in [0.25, 0.3) is 0 Å². The highest BCUT2D eigenvalue weighted by Gasteiger charge is 2.22. The average molecular weight is 286 g/mol. The van der Waals surface area contributed by atoms with Gasteiger partial charge in [-0.15, -0.1) is 0 Å². The van der Waals surface area contributed by atoms with Crippen LogP contribution in [0, 0.1) is 23.2 Å². The van der Waals surface area contributed by atoms with Crippen molar-refractivity contribution in [2.45, 2.75) is 33.1 Å². The van der Waals surface area contributed by atoms with Crippen molar-refractivity contribution >= 4 is 11.7 Å². The minimum atomic E-state index is -0.352. The predicted octanol–water partition coefficient (Wildman–Crippen LogP) is 2.49. The lowest BCUT2D eigenvalue weighted by Gasteiger charge is -2.17. The average Bonchev–Trinajstić information content (AvgIpc) is 2.44. The summed E-state index contributed by atoms with van der Waals surface area (Å²) < 4.78 is 0. The van der Waals surface area contributed by atoms with E-state index in [0.717, 1.165) is 5.56 Å². The monoisotopic (exact) mass is 286 g/mol. The zero-order valence-corrected chi connectivity index (χ0v) is 12.6. The van der Waals surface area contributed by atoms with Gasteiger partial charge in [0.15, 0.2) is 0 Å². The van der Waals surface area contributed by atoms with Crippen LogP contribution in [0.4, 0.5) is 0 Å². The maximum atomic E-state index is 12.1. The smallest absolute Gasteiger partial charge is 0.224 e. The third-order valence-corrected chi connectivity index (χ3v) is 3.19. The van der Waals surface area contributed by atoms with E-state index in [0.29, 0.717) is 18.8 Å². The van der Waals surface area contributed by atoms with E-state index >= 15 is 0 Å². The topological polar surface area (TPSA) is 70.0 Å². The first-order valence-electron chi connectivity index (χ1n) is 7.23. The second-order valence-corrected chi connectivity index (χ2v) is 5.61. The SMILES string of the molecule is CC(C)C[C@H](CC(=O)Cc1ccccc1)C(=O)NCC#N. The molecule has 0 unspecified atom stereocenters. The first kappa shape index (κ1) is 16.9. The molecule has 4 nitrogen and oxygen atoms in total. The highest BCUT2D eigenvalue weighted by Crippen LogP contribution is 2.17. The van der Waals surface area contributed by atoms with E-state index in [1.54, 1.807) is 0 Å². The van der Waals surface area contributed by atoms with Crippen LogP contribution in [0.15, 0.2) is 30.3 Å². The van der Waals surface area contributed by atoms with E-state index in [1.807, 2.05) is 50.2 Å². The fraction of sp³-hybridized carbons (Fsp3) is 0.471. The van der Waals surface area contributed by atoms with Gasteiger partial charge in [0.2, 0.25) is 5.91 Å². The maximum absolute atomic E-state index is 12.1. The van der Waals surface area contributed by atoms with Crippen LogP contribution in [0.3, 0.4) is 0 Å². The zero-order valence-electron chi connectivity index (χ0n) is 12.6. The molecule has 21 heavy (non-hydrogen) atoms. The van der Waals surface area contributed by atoms with Gasteiger partial charge in [-0.3, -0.25) is 9.59 Å². The van der Waals surface area contributed by atoms with Gasteiger partial charge >= 0.3 is 0 Å². The Bertz CT molecular complexity index is 503. The van der Waals surface area contributed by atoms with Crippen LogP contribution in [0.1, 0.15) is 32.3 Å². The highest BCUT2D eigenvalue weighted by molar-refractivity contribution is 5.88. The first-order chi connectivity index (χ1) is 10.0. The van der Waals surface area contributed by atoms with Crippen LogP contribution in [0.2, 0.25) is 0 Å². The molecule has 1 atom stereocenters. The summed E-state index contributed by atoms with van der Waals surface area (Å²) in [5.74, 6) is -0.174. The molecule has 1 aromatic rings. The van der Waals surface area contributed by atoms with E-state index in [-0.39, 0.29) is 30.6 Å². The molecule has 0 aliphatic heterocycles. The Morgan fingerprint density at radius 2 is 1.90 bits per heavy atom. The lowest BCUT2D eigenvalue weighted by atomic mass is 9.90. The van der Waals surface area contributed by atoms with Gasteiger partial charge in [0.05, 0.1) is 6.07 Å². The Morgan fingerprint density at radius 3 is 2.48 bits per heavy atom. The second kappa shape index (κ2) is 8.91. The molecular formula is C17H22N2O2. The quantitative estimate of drug-likeness (QED) is 0.746. The molecular weight excluding hydrogens is 264 g/mol. The summed E-state index contributed by atoms with van der Waals surface area (Å²) in [6.07, 6.45) is 1.23. The normalized spacial score (nSPS) is 11.7. The van der Waals surface area contributed by atoms with Crippen molar-refractivity contribution in [1.29, 1.82) is 5.26 Å². The minimum Gasteiger partial charge on any atom is -0.343 e. The summed E-state index contributed by atoms with van der Waals surface area (Å²) in [6, 6.07) is 11.4. The van der Waals surface area contributed by atoms with Crippen LogP contribution >= 0.6 is 0 Å². The van der Waals surface area contributed by atoms with Crippen molar-refractivity contribution in [1.82, 2.24) is 5.32 Å². The Kier molecular flexibility index (Phi) is 7.17. The molecule has 1 N–H and O–H groups in total. The molecule has 112 valence electrons. The Hall–Kier alpha value is -2.15. The number of Topliss-reactive ketones (excluding diaryl/α,β-unsaturated/α-hetero) is 1. The molecule has 0 aromatic heterocycles. The summed E-state index contributed by atoms with van der Waals surface area (Å²) in [7, 11) is 0. The van der Waals surface area contributed by atoms with Crippen molar-refractivity contribution in [3.05, 3.63) is 35.9 Å². The lowest BCUT2D eigenvalue weighted by Crippen LogP contribution is -2.33. The van der Waals surface area contributed by atoms with E-state index in [4.69, 9.17) is 5.26 Å². The van der Waals surface area contributed by atoms with Crippen LogP contribution in [0.5, 0.6) is 0 Å². The molecule has 0 spiro atoms. The van der Waals surface area contributed by atoms with Crippen molar-refractivity contribution in [2.75, 3.05) is 6.54 Å². The standard InChI is InChI=1S/C17H22N2O2/c1-13(2)10-15(17(21)19-9-8-18)12-16(20)11-14-6-4-3-5-7-14/h3-7,13,15H,9-12H2,1-2H3,(H,19,21)/t15-/m1/s1. The zero-order chi connectivity index (χ0) is 15.7. The number of carbonyl (C=O) groups excluding carboxylic acids is 2. The molecule has 0 bridgehead atoms. The number of nitriles is 1. The minimum absolute atomic E-state index is 0.0136. The van der Waals surface area contributed by atoms with Crippen LogP contribution in [0.25, 0.3) is 0 Å². The van der Waals surface area contributed by atoms with Crippen molar-refractivity contribution in [3.63, 3.8) is 0 Å². The number of carbonyl (C=O) groups is 2. The summed E-state index contributed by atoms with van der Waals surface area (Å²) in [5.41, 5.74) is 0.961. The molecule has 0 aliphatic rings. The third-order valence-electron chi connectivity index (χ3n) is 3.19. The van der Waals surface area contributed by atoms with Gasteiger partial charge in [-0.05, 0) is 17.9 Å². The summed E-state index contributed by atoms with van der Waals surface area (Å²) >= 11 is 0. The number of amides is 1. The molecule has 0 saturated heterocycles. The van der Waals surface area contributed by atoms with Crippen LogP contribution in [-0.4, -0.2) is 18.2 Å². The number of nitrogens with zero attached hydrogens (tertiary/aromatic N) is 1. The van der Waals surface area contributed by atoms with Gasteiger partial charge in [-0.25, -0.2) is 0 Å². The maximum Gasteiger partial charge on any atom is 0.224 e. The van der Waals surface area contributed by atoms with Crippen molar-refractivity contribution in [3.8, 4) is 6.07 Å². The summed E-state index contributed by atoms with van der Waals surface area (Å²) in [4.78, 5) is 24.1. The number of benzene rings is 1. The van der Waals surface area contributed by atoms with E-state index in [2.05, 4.69) is 5.32 Å². The molecule has 1 amide bonds. The largest absolute Gasteiger partial charge is 0.343 e. The molecule has 0 saturated carbocycles. The van der Waals surface area contributed by atoms with Gasteiger partial charge in [0, 0.05) is 18.8 Å². The van der Waals surface area contributed by atoms with Crippen LogP contribution < -0.4 is 5.32 Å². The lowest BCUT2D eigenvalue weighted by molar-refractivity contribution is -0.129. The fourth-order valence-corrected chi connectivity index (χ4v) is 2.29. The summed E-state index contributed by atoms with van der Waals surface area (Å²) in [5, 5.41) is 11.1. The Balaban J connectivity index is 2.61. The van der Waals surface area contributed by atoms with Crippen molar-refractivity contribution in [2.24, 2.45) is 11.8 Å². The molecule has 4 heteroatoms. The Labute approximate surface area is 126 Å². The molecule has 0 heterocycles. The summed E-state index contributed by atoms with van der Waals surface area (Å²) in [6.45, 7) is 4.03. The molecule has 0 fully saturated rings. The van der Waals surface area contributed by atoms with Gasteiger partial charge in [0.1, 0.15) is 12.3 Å². The molecule has 0 radical (unpaired) electrons. The highest BCUT2D eigenvalue weighted by atomic mass is 16.2. The van der Waals surface area contributed by atoms with Gasteiger partial charge in [-0.1, -0.05) is 44.2 Å². The molecule has 0 aliphatic carbocycles. The number of nitrogens with one attached hydrogen (secondary N) is 1. The number of hydrogen-bond acceptors (Lipinski definition) is 3. The molecule has 1 rings (SSSR count). The van der Waals surface area contributed by atoms with E-state index in [9.17, 15) is 9.59 Å². The van der Waals surface area contributed by atoms with E-state index < -0.39 is 0 Å². The van der Waals surface area contributed by atoms with Gasteiger partial charge in [-0.2, -0.15) is 5.26 Å².